The largest absolute Gasteiger partial charge is 0.306 e. The molecule has 0 unspecified atom stereocenters. The highest BCUT2D eigenvalue weighted by Crippen LogP contribution is 2.19. The van der Waals surface area contributed by atoms with E-state index in [4.69, 9.17) is 4.98 Å². The number of pyridine rings is 1. The van der Waals surface area contributed by atoms with Crippen molar-refractivity contribution in [3.8, 4) is 11.4 Å². The Bertz CT molecular complexity index is 938. The standard InChI is InChI=1S/C19H17BrN4O/c20-14-6-7-15(21-10-14)11-24-9-8-17-16(12-24)19(25)23-18(22-17)13-4-2-1-3-5-13/h1-7,10H,8-9,11-12H2,(H,22,23,25). The predicted octanol–water partition coefficient (Wildman–Crippen LogP) is 3.15. The van der Waals surface area contributed by atoms with Crippen molar-refractivity contribution in [1.82, 2.24) is 19.9 Å². The minimum absolute atomic E-state index is 0.0441. The second-order valence-electron chi connectivity index (χ2n) is 6.13. The van der Waals surface area contributed by atoms with Gasteiger partial charge < -0.3 is 4.98 Å². The molecule has 2 aromatic heterocycles. The molecule has 1 aliphatic heterocycles. The van der Waals surface area contributed by atoms with E-state index in [2.05, 4.69) is 30.8 Å². The van der Waals surface area contributed by atoms with Crippen molar-refractivity contribution in [3.63, 3.8) is 0 Å². The zero-order valence-electron chi connectivity index (χ0n) is 13.6. The highest BCUT2D eigenvalue weighted by molar-refractivity contribution is 9.10. The number of aromatic nitrogens is 3. The molecule has 0 atom stereocenters. The monoisotopic (exact) mass is 396 g/mol. The molecule has 0 amide bonds. The number of hydrogen-bond acceptors (Lipinski definition) is 4. The first-order valence-corrected chi connectivity index (χ1v) is 8.98. The van der Waals surface area contributed by atoms with Gasteiger partial charge in [-0.05, 0) is 28.1 Å². The Hall–Kier alpha value is -2.31. The fourth-order valence-electron chi connectivity index (χ4n) is 3.08. The van der Waals surface area contributed by atoms with Crippen LogP contribution >= 0.6 is 15.9 Å². The van der Waals surface area contributed by atoms with Crippen molar-refractivity contribution < 1.29 is 0 Å². The maximum Gasteiger partial charge on any atom is 0.255 e. The van der Waals surface area contributed by atoms with Gasteiger partial charge in [-0.3, -0.25) is 14.7 Å². The van der Waals surface area contributed by atoms with E-state index in [1.807, 2.05) is 42.5 Å². The van der Waals surface area contributed by atoms with Crippen LogP contribution in [0, 0.1) is 0 Å². The van der Waals surface area contributed by atoms with Crippen molar-refractivity contribution in [2.75, 3.05) is 6.54 Å². The molecule has 1 aliphatic rings. The Balaban J connectivity index is 1.57. The van der Waals surface area contributed by atoms with Gasteiger partial charge in [0.1, 0.15) is 5.82 Å². The van der Waals surface area contributed by atoms with E-state index in [0.29, 0.717) is 12.4 Å². The first-order chi connectivity index (χ1) is 12.2. The summed E-state index contributed by atoms with van der Waals surface area (Å²) in [6.07, 6.45) is 2.57. The summed E-state index contributed by atoms with van der Waals surface area (Å²) in [6.45, 7) is 2.20. The molecule has 0 radical (unpaired) electrons. The van der Waals surface area contributed by atoms with Gasteiger partial charge in [0.15, 0.2) is 0 Å². The molecule has 0 bridgehead atoms. The molecule has 0 saturated carbocycles. The highest BCUT2D eigenvalue weighted by atomic mass is 79.9. The van der Waals surface area contributed by atoms with Crippen LogP contribution < -0.4 is 5.56 Å². The Kier molecular flexibility index (Phi) is 4.46. The van der Waals surface area contributed by atoms with Gasteiger partial charge in [-0.1, -0.05) is 30.3 Å². The molecule has 1 aromatic carbocycles. The van der Waals surface area contributed by atoms with Gasteiger partial charge in [-0.25, -0.2) is 4.98 Å². The van der Waals surface area contributed by atoms with Crippen LogP contribution in [0.5, 0.6) is 0 Å². The van der Waals surface area contributed by atoms with Gasteiger partial charge in [0.2, 0.25) is 0 Å². The van der Waals surface area contributed by atoms with Gasteiger partial charge in [-0.15, -0.1) is 0 Å². The van der Waals surface area contributed by atoms with E-state index >= 15 is 0 Å². The summed E-state index contributed by atoms with van der Waals surface area (Å²) in [5, 5.41) is 0. The van der Waals surface area contributed by atoms with Crippen LogP contribution in [0.15, 0.2) is 57.9 Å². The van der Waals surface area contributed by atoms with Crippen LogP contribution in [0.1, 0.15) is 17.0 Å². The van der Waals surface area contributed by atoms with E-state index in [9.17, 15) is 4.79 Å². The third-order valence-electron chi connectivity index (χ3n) is 4.37. The van der Waals surface area contributed by atoms with Crippen molar-refractivity contribution in [2.45, 2.75) is 19.5 Å². The molecule has 25 heavy (non-hydrogen) atoms. The lowest BCUT2D eigenvalue weighted by Gasteiger charge is -2.27. The molecule has 0 aliphatic carbocycles. The molecule has 0 spiro atoms. The lowest BCUT2D eigenvalue weighted by molar-refractivity contribution is 0.239. The van der Waals surface area contributed by atoms with Crippen LogP contribution in [-0.2, 0) is 19.5 Å². The third-order valence-corrected chi connectivity index (χ3v) is 4.84. The fourth-order valence-corrected chi connectivity index (χ4v) is 3.31. The average molecular weight is 397 g/mol. The SMILES string of the molecule is O=c1[nH]c(-c2ccccc2)nc2c1CN(Cc1ccc(Br)cn1)CC2. The maximum absolute atomic E-state index is 12.6. The Labute approximate surface area is 153 Å². The molecule has 3 aromatic rings. The van der Waals surface area contributed by atoms with Gasteiger partial charge in [0.05, 0.1) is 17.0 Å². The molecule has 0 fully saturated rings. The van der Waals surface area contributed by atoms with E-state index in [1.165, 1.54) is 0 Å². The van der Waals surface area contributed by atoms with E-state index in [1.54, 1.807) is 6.20 Å². The molecule has 6 heteroatoms. The number of nitrogens with one attached hydrogen (secondary N) is 1. The highest BCUT2D eigenvalue weighted by Gasteiger charge is 2.21. The molecule has 1 N–H and O–H groups in total. The first-order valence-electron chi connectivity index (χ1n) is 8.19. The van der Waals surface area contributed by atoms with Crippen molar-refractivity contribution in [2.24, 2.45) is 0 Å². The number of fused-ring (bicyclic) bond motifs is 1. The number of nitrogens with zero attached hydrogens (tertiary/aromatic N) is 3. The summed E-state index contributed by atoms with van der Waals surface area (Å²) in [5.74, 6) is 0.646. The van der Waals surface area contributed by atoms with Gasteiger partial charge >= 0.3 is 0 Å². The molecule has 126 valence electrons. The van der Waals surface area contributed by atoms with Crippen molar-refractivity contribution in [3.05, 3.63) is 80.4 Å². The normalized spacial score (nSPS) is 14.3. The third kappa shape index (κ3) is 3.55. The predicted molar refractivity (Wildman–Crippen MR) is 100 cm³/mol. The number of rotatable bonds is 3. The van der Waals surface area contributed by atoms with Gasteiger partial charge in [0.25, 0.3) is 5.56 Å². The zero-order chi connectivity index (χ0) is 17.2. The van der Waals surface area contributed by atoms with Crippen molar-refractivity contribution in [1.29, 1.82) is 0 Å². The lowest BCUT2D eigenvalue weighted by atomic mass is 10.1. The van der Waals surface area contributed by atoms with Crippen LogP contribution in [0.25, 0.3) is 11.4 Å². The van der Waals surface area contributed by atoms with Crippen molar-refractivity contribution >= 4 is 15.9 Å². The summed E-state index contributed by atoms with van der Waals surface area (Å²) in [4.78, 5) is 26.8. The summed E-state index contributed by atoms with van der Waals surface area (Å²) in [5.41, 5.74) is 3.56. The quantitative estimate of drug-likeness (QED) is 0.738. The molecule has 3 heterocycles. The van der Waals surface area contributed by atoms with Gasteiger partial charge in [-0.2, -0.15) is 0 Å². The second-order valence-corrected chi connectivity index (χ2v) is 7.05. The Morgan fingerprint density at radius 3 is 2.76 bits per heavy atom. The summed E-state index contributed by atoms with van der Waals surface area (Å²) >= 11 is 3.40. The van der Waals surface area contributed by atoms with E-state index in [0.717, 1.165) is 46.5 Å². The molecule has 5 nitrogen and oxygen atoms in total. The first kappa shape index (κ1) is 16.2. The van der Waals surface area contributed by atoms with Crippen LogP contribution in [0.4, 0.5) is 0 Å². The number of benzene rings is 1. The fraction of sp³-hybridized carbons (Fsp3) is 0.211. The minimum atomic E-state index is -0.0441. The molecular formula is C19H17BrN4O. The average Bonchev–Trinajstić information content (AvgIpc) is 2.65. The van der Waals surface area contributed by atoms with Gasteiger partial charge in [0, 0.05) is 42.3 Å². The number of H-pyrrole nitrogens is 1. The minimum Gasteiger partial charge on any atom is -0.306 e. The lowest BCUT2D eigenvalue weighted by Crippen LogP contribution is -2.35. The molecule has 4 rings (SSSR count). The number of hydrogen-bond donors (Lipinski definition) is 1. The maximum atomic E-state index is 12.6. The number of aromatic amines is 1. The van der Waals surface area contributed by atoms with E-state index < -0.39 is 0 Å². The molecule has 0 saturated heterocycles. The Morgan fingerprint density at radius 2 is 2.00 bits per heavy atom. The summed E-state index contributed by atoms with van der Waals surface area (Å²) in [6, 6.07) is 13.7. The summed E-state index contributed by atoms with van der Waals surface area (Å²) in [7, 11) is 0. The second kappa shape index (κ2) is 6.90. The van der Waals surface area contributed by atoms with E-state index in [-0.39, 0.29) is 5.56 Å². The topological polar surface area (TPSA) is 61.9 Å². The molecular weight excluding hydrogens is 380 g/mol. The van der Waals surface area contributed by atoms with Crippen LogP contribution in [-0.4, -0.2) is 26.4 Å². The number of halogens is 1. The zero-order valence-corrected chi connectivity index (χ0v) is 15.2. The smallest absolute Gasteiger partial charge is 0.255 e. The Morgan fingerprint density at radius 1 is 1.16 bits per heavy atom. The summed E-state index contributed by atoms with van der Waals surface area (Å²) < 4.78 is 0.967. The van der Waals surface area contributed by atoms with Crippen LogP contribution in [0.2, 0.25) is 0 Å². The van der Waals surface area contributed by atoms with Crippen LogP contribution in [0.3, 0.4) is 0 Å².